The van der Waals surface area contributed by atoms with Crippen LogP contribution < -0.4 is 21.0 Å². The highest BCUT2D eigenvalue weighted by atomic mass is 19.1. The molecule has 1 atom stereocenters. The highest BCUT2D eigenvalue weighted by Gasteiger charge is 2.32. The topological polar surface area (TPSA) is 87.7 Å². The largest absolute Gasteiger partial charge is 0.442 e. The third-order valence-corrected chi connectivity index (χ3v) is 5.22. The molecule has 4 rings (SSSR count). The van der Waals surface area contributed by atoms with Gasteiger partial charge in [0.2, 0.25) is 11.3 Å². The van der Waals surface area contributed by atoms with Crippen molar-refractivity contribution in [3.63, 3.8) is 0 Å². The predicted molar refractivity (Wildman–Crippen MR) is 131 cm³/mol. The van der Waals surface area contributed by atoms with Gasteiger partial charge in [-0.15, -0.1) is 0 Å². The van der Waals surface area contributed by atoms with Crippen LogP contribution in [0.25, 0.3) is 0 Å². The number of hydrogen-bond acceptors (Lipinski definition) is 5. The highest BCUT2D eigenvalue weighted by molar-refractivity contribution is 5.90. The normalized spacial score (nSPS) is 14.5. The molecule has 0 saturated carbocycles. The van der Waals surface area contributed by atoms with Crippen molar-refractivity contribution in [2.75, 3.05) is 23.3 Å². The second-order valence-corrected chi connectivity index (χ2v) is 7.86. The summed E-state index contributed by atoms with van der Waals surface area (Å²) < 4.78 is 20.1. The molecule has 1 saturated heterocycles. The molecule has 7 nitrogen and oxygen atoms in total. The fourth-order valence-electron chi connectivity index (χ4n) is 3.43. The Balaban J connectivity index is 1.48. The second-order valence-electron chi connectivity index (χ2n) is 7.86. The minimum absolute atomic E-state index is 0.0799. The number of nitrogens with one attached hydrogen (secondary N) is 2. The molecule has 0 aromatic heterocycles. The summed E-state index contributed by atoms with van der Waals surface area (Å²) in [6.07, 6.45) is -1.15. The van der Waals surface area contributed by atoms with Crippen molar-refractivity contribution in [3.8, 4) is 11.8 Å². The Kier molecular flexibility index (Phi) is 7.07. The Labute approximate surface area is 201 Å². The molecule has 1 fully saturated rings. The molecule has 1 aliphatic heterocycles. The molecule has 0 radical (unpaired) electrons. The lowest BCUT2D eigenvalue weighted by Crippen LogP contribution is -2.33. The van der Waals surface area contributed by atoms with E-state index in [1.54, 1.807) is 24.3 Å². The molecule has 2 amide bonds. The van der Waals surface area contributed by atoms with Crippen molar-refractivity contribution in [1.82, 2.24) is 5.32 Å². The lowest BCUT2D eigenvalue weighted by molar-refractivity contribution is -0.119. The van der Waals surface area contributed by atoms with E-state index in [0.717, 1.165) is 5.56 Å². The number of carbonyl (C=O) groups is 2. The fraction of sp³-hybridized carbons (Fsp3) is 0.148. The number of amides is 2. The zero-order valence-electron chi connectivity index (χ0n) is 18.9. The molecule has 1 unspecified atom stereocenters. The monoisotopic (exact) mass is 471 g/mol. The summed E-state index contributed by atoms with van der Waals surface area (Å²) >= 11 is 0. The lowest BCUT2D eigenvalue weighted by Gasteiger charge is -2.15. The van der Waals surface area contributed by atoms with E-state index in [4.69, 9.17) is 4.74 Å². The number of cyclic esters (lactones) is 1. The van der Waals surface area contributed by atoms with Gasteiger partial charge in [-0.3, -0.25) is 14.5 Å². The Hall–Kier alpha value is -4.64. The molecular formula is C27H22FN3O4. The van der Waals surface area contributed by atoms with E-state index >= 15 is 0 Å². The summed E-state index contributed by atoms with van der Waals surface area (Å²) in [4.78, 5) is 37.0. The second kappa shape index (κ2) is 10.5. The quantitative estimate of drug-likeness (QED) is 0.553. The zero-order valence-corrected chi connectivity index (χ0v) is 18.9. The minimum atomic E-state index is -0.643. The van der Waals surface area contributed by atoms with E-state index in [-0.39, 0.29) is 35.8 Å². The first kappa shape index (κ1) is 23.5. The molecule has 35 heavy (non-hydrogen) atoms. The van der Waals surface area contributed by atoms with Gasteiger partial charge in [-0.2, -0.15) is 0 Å². The van der Waals surface area contributed by atoms with Crippen molar-refractivity contribution in [2.45, 2.75) is 13.0 Å². The van der Waals surface area contributed by atoms with Crippen molar-refractivity contribution < 1.29 is 18.7 Å². The summed E-state index contributed by atoms with van der Waals surface area (Å²) in [5.41, 5.74) is 1.73. The number of carbonyl (C=O) groups excluding carboxylic acids is 2. The van der Waals surface area contributed by atoms with Gasteiger partial charge in [-0.1, -0.05) is 30.0 Å². The van der Waals surface area contributed by atoms with Crippen LogP contribution in [0.3, 0.4) is 0 Å². The molecule has 3 aromatic carbocycles. The number of halogens is 1. The first-order valence-corrected chi connectivity index (χ1v) is 10.9. The summed E-state index contributed by atoms with van der Waals surface area (Å²) in [6, 6.07) is 19.9. The van der Waals surface area contributed by atoms with E-state index in [0.29, 0.717) is 11.3 Å². The van der Waals surface area contributed by atoms with Crippen LogP contribution >= 0.6 is 0 Å². The molecule has 1 aliphatic rings. The van der Waals surface area contributed by atoms with E-state index < -0.39 is 18.0 Å². The Morgan fingerprint density at radius 1 is 1.00 bits per heavy atom. The molecular weight excluding hydrogens is 449 g/mol. The van der Waals surface area contributed by atoms with Gasteiger partial charge in [0.1, 0.15) is 11.9 Å². The van der Waals surface area contributed by atoms with E-state index in [2.05, 4.69) is 22.5 Å². The molecule has 3 aromatic rings. The van der Waals surface area contributed by atoms with Crippen LogP contribution in [0, 0.1) is 17.7 Å². The first-order valence-electron chi connectivity index (χ1n) is 10.9. The van der Waals surface area contributed by atoms with Crippen molar-refractivity contribution >= 4 is 29.1 Å². The molecule has 0 aliphatic carbocycles. The van der Waals surface area contributed by atoms with Crippen LogP contribution in [-0.2, 0) is 9.53 Å². The van der Waals surface area contributed by atoms with Crippen LogP contribution in [0.2, 0.25) is 0 Å². The van der Waals surface area contributed by atoms with Gasteiger partial charge < -0.3 is 15.4 Å². The predicted octanol–water partition coefficient (Wildman–Crippen LogP) is 3.79. The Bertz CT molecular complexity index is 1380. The standard InChI is InChI=1S/C27H22FN3O4/c1-18(32)29-16-22-17-31(27(34)35-22)21-11-13-24(23(28)15-21)30-25-12-9-20(10-14-26(25)33)8-7-19-5-3-2-4-6-19/h2-6,9-15,22H,16-17H2,1H3,(H,29,32)(H,30,33). The molecule has 8 heteroatoms. The summed E-state index contributed by atoms with van der Waals surface area (Å²) in [5.74, 6) is 5.16. The molecule has 1 heterocycles. The fourth-order valence-corrected chi connectivity index (χ4v) is 3.43. The van der Waals surface area contributed by atoms with Crippen LogP contribution in [0.4, 0.5) is 26.2 Å². The van der Waals surface area contributed by atoms with Gasteiger partial charge in [0, 0.05) is 18.1 Å². The van der Waals surface area contributed by atoms with Crippen LogP contribution in [0.5, 0.6) is 0 Å². The number of nitrogens with zero attached hydrogens (tertiary/aromatic N) is 1. The molecule has 0 bridgehead atoms. The first-order chi connectivity index (χ1) is 16.9. The van der Waals surface area contributed by atoms with Gasteiger partial charge in [0.15, 0.2) is 0 Å². The summed E-state index contributed by atoms with van der Waals surface area (Å²) in [6.45, 7) is 1.72. The van der Waals surface area contributed by atoms with Crippen molar-refractivity contribution in [1.29, 1.82) is 0 Å². The van der Waals surface area contributed by atoms with Gasteiger partial charge >= 0.3 is 6.09 Å². The number of hydrogen-bond donors (Lipinski definition) is 2. The molecule has 176 valence electrons. The smallest absolute Gasteiger partial charge is 0.414 e. The van der Waals surface area contributed by atoms with Gasteiger partial charge in [-0.25, -0.2) is 9.18 Å². The SMILES string of the molecule is CC(=O)NCC1CN(c2ccc(Nc3ccc(C#Cc4ccccc4)ccc3=O)c(F)c2)C(=O)O1. The van der Waals surface area contributed by atoms with Gasteiger partial charge in [-0.05, 0) is 54.6 Å². The molecule has 2 N–H and O–H groups in total. The van der Waals surface area contributed by atoms with Crippen LogP contribution in [0.15, 0.2) is 77.6 Å². The Morgan fingerprint density at radius 3 is 2.40 bits per heavy atom. The lowest BCUT2D eigenvalue weighted by atomic mass is 10.2. The van der Waals surface area contributed by atoms with Crippen LogP contribution in [-0.4, -0.2) is 31.2 Å². The minimum Gasteiger partial charge on any atom is -0.442 e. The highest BCUT2D eigenvalue weighted by Crippen LogP contribution is 2.27. The number of benzene rings is 2. The van der Waals surface area contributed by atoms with Crippen molar-refractivity contribution in [2.24, 2.45) is 0 Å². The maximum absolute atomic E-state index is 14.9. The maximum atomic E-state index is 14.9. The number of ether oxygens (including phenoxy) is 1. The molecule has 0 spiro atoms. The van der Waals surface area contributed by atoms with Gasteiger partial charge in [0.25, 0.3) is 0 Å². The van der Waals surface area contributed by atoms with Crippen molar-refractivity contribution in [3.05, 3.63) is 100.0 Å². The average Bonchev–Trinajstić information content (AvgIpc) is 3.13. The van der Waals surface area contributed by atoms with Crippen LogP contribution in [0.1, 0.15) is 18.1 Å². The Morgan fingerprint density at radius 2 is 1.69 bits per heavy atom. The zero-order chi connectivity index (χ0) is 24.8. The van der Waals surface area contributed by atoms with E-state index in [9.17, 15) is 18.8 Å². The number of rotatable bonds is 5. The average molecular weight is 471 g/mol. The maximum Gasteiger partial charge on any atom is 0.414 e. The van der Waals surface area contributed by atoms with E-state index in [1.165, 1.54) is 30.0 Å². The van der Waals surface area contributed by atoms with Gasteiger partial charge in [0.05, 0.1) is 30.2 Å². The third-order valence-electron chi connectivity index (χ3n) is 5.22. The summed E-state index contributed by atoms with van der Waals surface area (Å²) in [5, 5.41) is 5.41. The summed E-state index contributed by atoms with van der Waals surface area (Å²) in [7, 11) is 0. The van der Waals surface area contributed by atoms with E-state index in [1.807, 2.05) is 30.3 Å². The third kappa shape index (κ3) is 6.03. The number of anilines is 3.